The Balaban J connectivity index is 2.07. The van der Waals surface area contributed by atoms with Crippen LogP contribution in [0.25, 0.3) is 0 Å². The third kappa shape index (κ3) is 3.47. The molecule has 0 spiro atoms. The van der Waals surface area contributed by atoms with Gasteiger partial charge in [0.05, 0.1) is 0 Å². The first kappa shape index (κ1) is 13.9. The van der Waals surface area contributed by atoms with Crippen LogP contribution in [0.2, 0.25) is 0 Å². The molecule has 0 unspecified atom stereocenters. The first-order chi connectivity index (χ1) is 9.08. The molecule has 1 saturated heterocycles. The lowest BCUT2D eigenvalue weighted by Gasteiger charge is -2.20. The number of benzene rings is 1. The van der Waals surface area contributed by atoms with Crippen LogP contribution in [0.5, 0.6) is 5.75 Å². The SMILES string of the molecule is Cc1cc(C)c(OC(=O)N2CCCNCC2)cc1C. The minimum Gasteiger partial charge on any atom is -0.410 e. The monoisotopic (exact) mass is 262 g/mol. The van der Waals surface area contributed by atoms with E-state index in [1.54, 1.807) is 4.90 Å². The minimum absolute atomic E-state index is 0.241. The maximum absolute atomic E-state index is 12.1. The van der Waals surface area contributed by atoms with E-state index >= 15 is 0 Å². The van der Waals surface area contributed by atoms with E-state index in [1.807, 2.05) is 19.9 Å². The third-order valence-corrected chi connectivity index (χ3v) is 3.59. The van der Waals surface area contributed by atoms with Gasteiger partial charge in [0.2, 0.25) is 0 Å². The number of carbonyl (C=O) groups excluding carboxylic acids is 1. The van der Waals surface area contributed by atoms with E-state index < -0.39 is 0 Å². The summed E-state index contributed by atoms with van der Waals surface area (Å²) in [4.78, 5) is 13.9. The Bertz CT molecular complexity index is 463. The van der Waals surface area contributed by atoms with E-state index in [4.69, 9.17) is 4.74 Å². The van der Waals surface area contributed by atoms with Crippen molar-refractivity contribution in [3.63, 3.8) is 0 Å². The number of aryl methyl sites for hydroxylation is 3. The Labute approximate surface area is 114 Å². The third-order valence-electron chi connectivity index (χ3n) is 3.59. The molecule has 0 aliphatic carbocycles. The normalized spacial score (nSPS) is 16.1. The highest BCUT2D eigenvalue weighted by molar-refractivity contribution is 5.71. The number of hydrogen-bond acceptors (Lipinski definition) is 3. The molecule has 1 aromatic carbocycles. The van der Waals surface area contributed by atoms with Crippen molar-refractivity contribution in [1.82, 2.24) is 10.2 Å². The van der Waals surface area contributed by atoms with Crippen molar-refractivity contribution in [2.24, 2.45) is 0 Å². The number of amides is 1. The lowest BCUT2D eigenvalue weighted by Crippen LogP contribution is -2.36. The van der Waals surface area contributed by atoms with Crippen LogP contribution in [-0.2, 0) is 0 Å². The Morgan fingerprint density at radius 2 is 1.84 bits per heavy atom. The van der Waals surface area contributed by atoms with Gasteiger partial charge in [-0.05, 0) is 56.5 Å². The molecule has 1 N–H and O–H groups in total. The first-order valence-electron chi connectivity index (χ1n) is 6.83. The molecule has 4 nitrogen and oxygen atoms in total. The highest BCUT2D eigenvalue weighted by Gasteiger charge is 2.18. The highest BCUT2D eigenvalue weighted by Crippen LogP contribution is 2.23. The van der Waals surface area contributed by atoms with Gasteiger partial charge in [-0.2, -0.15) is 0 Å². The molecule has 1 fully saturated rings. The molecule has 1 aromatic rings. The van der Waals surface area contributed by atoms with E-state index in [9.17, 15) is 4.79 Å². The van der Waals surface area contributed by atoms with Crippen LogP contribution < -0.4 is 10.1 Å². The van der Waals surface area contributed by atoms with Crippen LogP contribution in [0.3, 0.4) is 0 Å². The second-order valence-electron chi connectivity index (χ2n) is 5.16. The van der Waals surface area contributed by atoms with E-state index in [1.165, 1.54) is 5.56 Å². The maximum Gasteiger partial charge on any atom is 0.415 e. The van der Waals surface area contributed by atoms with Gasteiger partial charge in [-0.25, -0.2) is 4.79 Å². The largest absolute Gasteiger partial charge is 0.415 e. The Kier molecular flexibility index (Phi) is 4.43. The zero-order valence-electron chi connectivity index (χ0n) is 12.0. The molecule has 1 aliphatic rings. The van der Waals surface area contributed by atoms with E-state index in [2.05, 4.69) is 18.3 Å². The van der Waals surface area contributed by atoms with Crippen molar-refractivity contribution in [3.05, 3.63) is 28.8 Å². The van der Waals surface area contributed by atoms with Crippen molar-refractivity contribution < 1.29 is 9.53 Å². The summed E-state index contributed by atoms with van der Waals surface area (Å²) in [7, 11) is 0. The van der Waals surface area contributed by atoms with E-state index in [0.29, 0.717) is 12.3 Å². The molecular weight excluding hydrogens is 240 g/mol. The molecule has 1 aliphatic heterocycles. The van der Waals surface area contributed by atoms with Gasteiger partial charge in [-0.15, -0.1) is 0 Å². The minimum atomic E-state index is -0.241. The Morgan fingerprint density at radius 3 is 2.63 bits per heavy atom. The van der Waals surface area contributed by atoms with Gasteiger partial charge in [-0.1, -0.05) is 6.07 Å². The molecule has 19 heavy (non-hydrogen) atoms. The van der Waals surface area contributed by atoms with Gasteiger partial charge in [0.25, 0.3) is 0 Å². The van der Waals surface area contributed by atoms with Gasteiger partial charge in [0.15, 0.2) is 0 Å². The summed E-state index contributed by atoms with van der Waals surface area (Å²) in [6.07, 6.45) is 0.733. The number of rotatable bonds is 1. The van der Waals surface area contributed by atoms with Crippen LogP contribution in [0.4, 0.5) is 4.79 Å². The summed E-state index contributed by atoms with van der Waals surface area (Å²) in [5, 5.41) is 3.27. The number of nitrogens with zero attached hydrogens (tertiary/aromatic N) is 1. The quantitative estimate of drug-likeness (QED) is 0.845. The van der Waals surface area contributed by atoms with Crippen molar-refractivity contribution >= 4 is 6.09 Å². The second kappa shape index (κ2) is 6.06. The van der Waals surface area contributed by atoms with Crippen LogP contribution in [0, 0.1) is 20.8 Å². The van der Waals surface area contributed by atoms with Crippen molar-refractivity contribution in [2.45, 2.75) is 27.2 Å². The van der Waals surface area contributed by atoms with Crippen LogP contribution in [0.15, 0.2) is 12.1 Å². The Hall–Kier alpha value is -1.55. The molecule has 104 valence electrons. The standard InChI is InChI=1S/C15H22N2O2/c1-11-9-13(3)14(10-12(11)2)19-15(18)17-7-4-5-16-6-8-17/h9-10,16H,4-8H2,1-3H3. The zero-order valence-corrected chi connectivity index (χ0v) is 12.0. The summed E-state index contributed by atoms with van der Waals surface area (Å²) in [6, 6.07) is 4.00. The molecule has 0 bridgehead atoms. The van der Waals surface area contributed by atoms with E-state index in [-0.39, 0.29) is 6.09 Å². The fourth-order valence-electron chi connectivity index (χ4n) is 2.23. The van der Waals surface area contributed by atoms with Crippen molar-refractivity contribution in [3.8, 4) is 5.75 Å². The van der Waals surface area contributed by atoms with Crippen LogP contribution >= 0.6 is 0 Å². The molecular formula is C15H22N2O2. The summed E-state index contributed by atoms with van der Waals surface area (Å²) in [6.45, 7) is 9.33. The number of hydrogen-bond donors (Lipinski definition) is 1. The average Bonchev–Trinajstić information content (AvgIpc) is 2.64. The molecule has 0 aromatic heterocycles. The second-order valence-corrected chi connectivity index (χ2v) is 5.16. The van der Waals surface area contributed by atoms with Crippen molar-refractivity contribution in [2.75, 3.05) is 26.2 Å². The molecule has 1 amide bonds. The molecule has 0 radical (unpaired) electrons. The first-order valence-corrected chi connectivity index (χ1v) is 6.83. The maximum atomic E-state index is 12.1. The molecule has 4 heteroatoms. The van der Waals surface area contributed by atoms with Gasteiger partial charge in [-0.3, -0.25) is 0 Å². The number of carbonyl (C=O) groups is 1. The van der Waals surface area contributed by atoms with Gasteiger partial charge >= 0.3 is 6.09 Å². The molecule has 2 rings (SSSR count). The number of ether oxygens (including phenoxy) is 1. The lowest BCUT2D eigenvalue weighted by atomic mass is 10.1. The number of nitrogens with one attached hydrogen (secondary N) is 1. The zero-order chi connectivity index (χ0) is 13.8. The predicted octanol–water partition coefficient (Wildman–Crippen LogP) is 2.41. The fourth-order valence-corrected chi connectivity index (χ4v) is 2.23. The highest BCUT2D eigenvalue weighted by atomic mass is 16.6. The van der Waals surface area contributed by atoms with Gasteiger partial charge in [0, 0.05) is 19.6 Å². The van der Waals surface area contributed by atoms with E-state index in [0.717, 1.165) is 37.2 Å². The summed E-state index contributed by atoms with van der Waals surface area (Å²) in [5.41, 5.74) is 3.37. The lowest BCUT2D eigenvalue weighted by molar-refractivity contribution is 0.155. The molecule has 1 heterocycles. The van der Waals surface area contributed by atoms with Crippen LogP contribution in [0.1, 0.15) is 23.1 Å². The average molecular weight is 262 g/mol. The van der Waals surface area contributed by atoms with Gasteiger partial charge < -0.3 is 15.0 Å². The Morgan fingerprint density at radius 1 is 1.11 bits per heavy atom. The summed E-state index contributed by atoms with van der Waals surface area (Å²) < 4.78 is 5.54. The van der Waals surface area contributed by atoms with Crippen molar-refractivity contribution in [1.29, 1.82) is 0 Å². The molecule has 0 atom stereocenters. The van der Waals surface area contributed by atoms with Gasteiger partial charge in [0.1, 0.15) is 5.75 Å². The fraction of sp³-hybridized carbons (Fsp3) is 0.533. The summed E-state index contributed by atoms with van der Waals surface area (Å²) in [5.74, 6) is 0.672. The van der Waals surface area contributed by atoms with Crippen LogP contribution in [-0.4, -0.2) is 37.2 Å². The summed E-state index contributed by atoms with van der Waals surface area (Å²) >= 11 is 0. The smallest absolute Gasteiger partial charge is 0.410 e. The molecule has 0 saturated carbocycles. The predicted molar refractivity (Wildman–Crippen MR) is 75.7 cm³/mol. The topological polar surface area (TPSA) is 41.6 Å².